The second-order valence-electron chi connectivity index (χ2n) is 2.19. The molecular weight excluding hydrogens is 164 g/mol. The molecule has 0 aliphatic rings. The van der Waals surface area contributed by atoms with Crippen LogP contribution in [0, 0.1) is 0 Å². The average molecular weight is 178 g/mol. The lowest BCUT2D eigenvalue weighted by atomic mass is 10.8. The molecule has 11 heavy (non-hydrogen) atoms. The number of aliphatic hydroxyl groups is 1. The lowest BCUT2D eigenvalue weighted by Crippen LogP contribution is -2.16. The number of nitrogens with zero attached hydrogens (tertiary/aromatic N) is 2. The zero-order valence-corrected chi connectivity index (χ0v) is 7.88. The summed E-state index contributed by atoms with van der Waals surface area (Å²) in [5.41, 5.74) is 0. The molecule has 0 atom stereocenters. The fourth-order valence-electron chi connectivity index (χ4n) is 0.406. The van der Waals surface area contributed by atoms with Gasteiger partial charge < -0.3 is 10.0 Å². The summed E-state index contributed by atoms with van der Waals surface area (Å²) in [5, 5.41) is 10.5. The Hall–Kier alpha value is -0.390. The van der Waals surface area contributed by atoms with Crippen molar-refractivity contribution in [2.24, 2.45) is 0 Å². The van der Waals surface area contributed by atoms with E-state index in [-0.39, 0.29) is 6.79 Å². The third-order valence-electron chi connectivity index (χ3n) is 1.02. The summed E-state index contributed by atoms with van der Waals surface area (Å²) in [6.07, 6.45) is 1.65. The third kappa shape index (κ3) is 4.94. The van der Waals surface area contributed by atoms with E-state index in [1.54, 1.807) is 13.2 Å². The normalized spacial score (nSPS) is 11.5. The highest BCUT2D eigenvalue weighted by Gasteiger charge is 1.94. The van der Waals surface area contributed by atoms with Crippen LogP contribution in [0.3, 0.4) is 0 Å². The lowest BCUT2D eigenvalue weighted by Gasteiger charge is -2.16. The first kappa shape index (κ1) is 10.6. The zero-order valence-electron chi connectivity index (χ0n) is 6.98. The van der Waals surface area contributed by atoms with Crippen LogP contribution in [0.25, 0.3) is 0 Å². The van der Waals surface area contributed by atoms with Gasteiger partial charge in [-0.3, -0.25) is 5.06 Å². The molecule has 0 saturated carbocycles. The Bertz CT molecular complexity index is 139. The predicted octanol–water partition coefficient (Wildman–Crippen LogP) is 0.0899. The number of hydrogen-bond acceptors (Lipinski definition) is 5. The molecule has 0 saturated heterocycles. The van der Waals surface area contributed by atoms with Crippen LogP contribution in [0.5, 0.6) is 0 Å². The minimum absolute atomic E-state index is 0.332. The van der Waals surface area contributed by atoms with Gasteiger partial charge in [0.05, 0.1) is 11.2 Å². The largest absolute Gasteiger partial charge is 0.371 e. The Morgan fingerprint density at radius 3 is 2.45 bits per heavy atom. The molecule has 0 rings (SSSR count). The smallest absolute Gasteiger partial charge is 0.170 e. The maximum atomic E-state index is 8.36. The summed E-state index contributed by atoms with van der Waals surface area (Å²) in [6, 6.07) is 0. The first-order valence-electron chi connectivity index (χ1n) is 3.12. The van der Waals surface area contributed by atoms with Crippen molar-refractivity contribution in [3.8, 4) is 0 Å². The van der Waals surface area contributed by atoms with Crippen LogP contribution in [-0.2, 0) is 4.84 Å². The average Bonchev–Trinajstić information content (AvgIpc) is 1.87. The third-order valence-corrected chi connectivity index (χ3v) is 1.53. The molecule has 0 aromatic rings. The van der Waals surface area contributed by atoms with Gasteiger partial charge in [0.1, 0.15) is 0 Å². The highest BCUT2D eigenvalue weighted by molar-refractivity contribution is 7.84. The van der Waals surface area contributed by atoms with Gasteiger partial charge in [0.15, 0.2) is 6.79 Å². The number of thiol groups is 1. The van der Waals surface area contributed by atoms with Crippen LogP contribution in [0.4, 0.5) is 0 Å². The van der Waals surface area contributed by atoms with Gasteiger partial charge in [0, 0.05) is 21.1 Å². The molecule has 0 aliphatic carbocycles. The van der Waals surface area contributed by atoms with Crippen molar-refractivity contribution >= 4 is 12.6 Å². The minimum Gasteiger partial charge on any atom is -0.371 e. The van der Waals surface area contributed by atoms with Gasteiger partial charge in [0.2, 0.25) is 0 Å². The van der Waals surface area contributed by atoms with Crippen molar-refractivity contribution in [3.63, 3.8) is 0 Å². The summed E-state index contributed by atoms with van der Waals surface area (Å²) in [7, 11) is 5.41. The van der Waals surface area contributed by atoms with E-state index in [2.05, 4.69) is 12.6 Å². The van der Waals surface area contributed by atoms with E-state index in [0.29, 0.717) is 0 Å². The summed E-state index contributed by atoms with van der Waals surface area (Å²) >= 11 is 4.14. The second kappa shape index (κ2) is 5.29. The summed E-state index contributed by atoms with van der Waals surface area (Å²) in [5.74, 6) is 0. The van der Waals surface area contributed by atoms with Crippen LogP contribution in [0.2, 0.25) is 0 Å². The lowest BCUT2D eigenvalue weighted by molar-refractivity contribution is -0.165. The fourth-order valence-corrected chi connectivity index (χ4v) is 0.569. The summed E-state index contributed by atoms with van der Waals surface area (Å²) < 4.78 is 0. The highest BCUT2D eigenvalue weighted by Crippen LogP contribution is 2.04. The molecule has 0 heterocycles. The molecule has 0 aromatic heterocycles. The number of rotatable bonds is 4. The molecular formula is C6H14N2O2S. The molecule has 0 amide bonds. The quantitative estimate of drug-likeness (QED) is 0.363. The van der Waals surface area contributed by atoms with E-state index < -0.39 is 0 Å². The van der Waals surface area contributed by atoms with Gasteiger partial charge >= 0.3 is 0 Å². The molecule has 0 unspecified atom stereocenters. The van der Waals surface area contributed by atoms with Gasteiger partial charge in [-0.2, -0.15) is 0 Å². The van der Waals surface area contributed by atoms with Crippen LogP contribution in [-0.4, -0.2) is 43.0 Å². The van der Waals surface area contributed by atoms with Crippen molar-refractivity contribution in [2.45, 2.75) is 0 Å². The molecule has 1 N–H and O–H groups in total. The Labute approximate surface area is 72.4 Å². The van der Waals surface area contributed by atoms with Gasteiger partial charge in [0.25, 0.3) is 0 Å². The Kier molecular flexibility index (Phi) is 5.10. The molecule has 4 nitrogen and oxygen atoms in total. The molecule has 0 radical (unpaired) electrons. The molecule has 0 bridgehead atoms. The van der Waals surface area contributed by atoms with E-state index in [1.165, 1.54) is 5.06 Å². The van der Waals surface area contributed by atoms with Crippen LogP contribution in [0.15, 0.2) is 11.2 Å². The number of aliphatic hydroxyl groups excluding tert-OH is 1. The van der Waals surface area contributed by atoms with Gasteiger partial charge in [-0.1, -0.05) is 0 Å². The minimum atomic E-state index is -0.332. The fraction of sp³-hybridized carbons (Fsp3) is 0.667. The molecule has 0 aromatic carbocycles. The molecule has 5 heteroatoms. The molecule has 0 aliphatic heterocycles. The molecule has 66 valence electrons. The first-order valence-corrected chi connectivity index (χ1v) is 3.57. The Morgan fingerprint density at radius 1 is 1.55 bits per heavy atom. The Morgan fingerprint density at radius 2 is 2.09 bits per heavy atom. The standard InChI is InChI=1S/C6H14N2O2S/c1-7(2)6(11)4-8(3)10-5-9/h4,9,11H,5H2,1-3H3/b6-4-. The van der Waals surface area contributed by atoms with Crippen LogP contribution in [0.1, 0.15) is 0 Å². The van der Waals surface area contributed by atoms with E-state index in [0.717, 1.165) is 5.03 Å². The Balaban J connectivity index is 3.86. The SMILES string of the molecule is CN(/C=C(\S)N(C)C)OCO. The van der Waals surface area contributed by atoms with E-state index in [4.69, 9.17) is 9.94 Å². The second-order valence-corrected chi connectivity index (χ2v) is 2.64. The highest BCUT2D eigenvalue weighted by atomic mass is 32.1. The topological polar surface area (TPSA) is 35.9 Å². The van der Waals surface area contributed by atoms with Gasteiger partial charge in [-0.25, -0.2) is 4.84 Å². The molecule has 0 spiro atoms. The van der Waals surface area contributed by atoms with Crippen LogP contribution >= 0.6 is 12.6 Å². The number of hydrogen-bond donors (Lipinski definition) is 2. The maximum absolute atomic E-state index is 8.36. The van der Waals surface area contributed by atoms with Crippen LogP contribution < -0.4 is 0 Å². The molecule has 0 fully saturated rings. The first-order chi connectivity index (χ1) is 5.07. The van der Waals surface area contributed by atoms with Crippen molar-refractivity contribution in [1.29, 1.82) is 0 Å². The van der Waals surface area contributed by atoms with Crippen molar-refractivity contribution < 1.29 is 9.94 Å². The van der Waals surface area contributed by atoms with E-state index in [1.807, 2.05) is 19.0 Å². The van der Waals surface area contributed by atoms with Crippen molar-refractivity contribution in [1.82, 2.24) is 9.96 Å². The summed E-state index contributed by atoms with van der Waals surface area (Å²) in [6.45, 7) is -0.332. The number of hydroxylamine groups is 2. The predicted molar refractivity (Wildman–Crippen MR) is 46.7 cm³/mol. The zero-order chi connectivity index (χ0) is 8.85. The van der Waals surface area contributed by atoms with Crippen molar-refractivity contribution in [2.75, 3.05) is 27.9 Å². The van der Waals surface area contributed by atoms with Gasteiger partial charge in [-0.05, 0) is 0 Å². The van der Waals surface area contributed by atoms with Crippen molar-refractivity contribution in [3.05, 3.63) is 11.2 Å². The monoisotopic (exact) mass is 178 g/mol. The van der Waals surface area contributed by atoms with E-state index in [9.17, 15) is 0 Å². The van der Waals surface area contributed by atoms with E-state index >= 15 is 0 Å². The maximum Gasteiger partial charge on any atom is 0.170 e. The summed E-state index contributed by atoms with van der Waals surface area (Å²) in [4.78, 5) is 6.52. The van der Waals surface area contributed by atoms with Gasteiger partial charge in [-0.15, -0.1) is 12.6 Å².